The highest BCUT2D eigenvalue weighted by Gasteiger charge is 2.32. The molecule has 3 nitrogen and oxygen atoms in total. The number of rotatable bonds is 5. The molecule has 0 heterocycles. The van der Waals surface area contributed by atoms with Gasteiger partial charge in [0.15, 0.2) is 11.5 Å². The average molecular weight is 381 g/mol. The predicted octanol–water partition coefficient (Wildman–Crippen LogP) is 6.43. The molecule has 3 aliphatic rings. The molecule has 0 bridgehead atoms. The Morgan fingerprint density at radius 3 is 2.07 bits per heavy atom. The fourth-order valence-corrected chi connectivity index (χ4v) is 5.77. The maximum atomic E-state index is 12.7. The standard InChI is InChI=1S/C25H32O3/c26-23-20-10-4-5-11-21(20)24(27)25(28)22(23)12-6-7-17-13-15-19(16-14-17)18-8-2-1-3-9-18/h4-5,10-11,17-19,28H,1-3,6-9,12-16H2. The van der Waals surface area contributed by atoms with E-state index in [1.165, 1.54) is 57.8 Å². The normalized spacial score (nSPS) is 26.4. The van der Waals surface area contributed by atoms with E-state index in [2.05, 4.69) is 0 Å². The number of hydrogen-bond donors (Lipinski definition) is 1. The monoisotopic (exact) mass is 380 g/mol. The van der Waals surface area contributed by atoms with E-state index < -0.39 is 5.78 Å². The van der Waals surface area contributed by atoms with Crippen molar-refractivity contribution in [2.24, 2.45) is 17.8 Å². The predicted molar refractivity (Wildman–Crippen MR) is 111 cm³/mol. The SMILES string of the molecule is O=C1C(O)=C(CCCC2CCC(C3CCCCC3)CC2)C(=O)c2ccccc21. The second-order valence-electron chi connectivity index (χ2n) is 9.10. The minimum atomic E-state index is -0.404. The summed E-state index contributed by atoms with van der Waals surface area (Å²) in [5.41, 5.74) is 1.09. The summed E-state index contributed by atoms with van der Waals surface area (Å²) < 4.78 is 0. The lowest BCUT2D eigenvalue weighted by molar-refractivity contribution is 0.0925. The van der Waals surface area contributed by atoms with Crippen LogP contribution in [-0.4, -0.2) is 16.7 Å². The van der Waals surface area contributed by atoms with Crippen molar-refractivity contribution in [2.45, 2.75) is 77.0 Å². The Bertz CT molecular complexity index is 762. The first kappa shape index (κ1) is 19.4. The summed E-state index contributed by atoms with van der Waals surface area (Å²) in [7, 11) is 0. The van der Waals surface area contributed by atoms with Gasteiger partial charge in [-0.25, -0.2) is 0 Å². The molecule has 0 aromatic heterocycles. The molecule has 0 saturated heterocycles. The summed E-state index contributed by atoms with van der Waals surface area (Å²) in [6.07, 6.45) is 15.0. The quantitative estimate of drug-likeness (QED) is 0.640. The second-order valence-corrected chi connectivity index (χ2v) is 9.10. The zero-order valence-corrected chi connectivity index (χ0v) is 16.8. The maximum absolute atomic E-state index is 12.7. The smallest absolute Gasteiger partial charge is 0.228 e. The third-order valence-corrected chi connectivity index (χ3v) is 7.44. The summed E-state index contributed by atoms with van der Waals surface area (Å²) >= 11 is 0. The van der Waals surface area contributed by atoms with Gasteiger partial charge in [-0.1, -0.05) is 75.6 Å². The van der Waals surface area contributed by atoms with Gasteiger partial charge in [0.2, 0.25) is 5.78 Å². The highest BCUT2D eigenvalue weighted by atomic mass is 16.3. The average Bonchev–Trinajstić information content (AvgIpc) is 2.75. The Hall–Kier alpha value is -1.90. The molecule has 28 heavy (non-hydrogen) atoms. The van der Waals surface area contributed by atoms with Crippen LogP contribution in [0.1, 0.15) is 97.8 Å². The first-order valence-electron chi connectivity index (χ1n) is 11.3. The number of aliphatic hydroxyl groups excluding tert-OH is 1. The first-order valence-corrected chi connectivity index (χ1v) is 11.3. The van der Waals surface area contributed by atoms with Crippen LogP contribution in [0.5, 0.6) is 0 Å². The molecule has 150 valence electrons. The molecular formula is C25H32O3. The Morgan fingerprint density at radius 1 is 0.786 bits per heavy atom. The summed E-state index contributed by atoms with van der Waals surface area (Å²) in [5, 5.41) is 10.3. The topological polar surface area (TPSA) is 54.4 Å². The number of benzene rings is 1. The minimum Gasteiger partial charge on any atom is -0.504 e. The summed E-state index contributed by atoms with van der Waals surface area (Å²) in [4.78, 5) is 25.1. The molecule has 3 heteroatoms. The van der Waals surface area contributed by atoms with E-state index in [0.717, 1.165) is 30.6 Å². The molecule has 0 unspecified atom stereocenters. The Morgan fingerprint density at radius 2 is 1.39 bits per heavy atom. The van der Waals surface area contributed by atoms with Crippen LogP contribution >= 0.6 is 0 Å². The molecule has 1 aromatic rings. The van der Waals surface area contributed by atoms with Gasteiger partial charge in [0.05, 0.1) is 0 Å². The molecule has 0 radical (unpaired) electrons. The summed E-state index contributed by atoms with van der Waals surface area (Å²) in [6.45, 7) is 0. The van der Waals surface area contributed by atoms with E-state index in [-0.39, 0.29) is 11.5 Å². The van der Waals surface area contributed by atoms with Crippen molar-refractivity contribution >= 4 is 11.6 Å². The molecule has 0 spiro atoms. The van der Waals surface area contributed by atoms with E-state index in [1.807, 2.05) is 0 Å². The van der Waals surface area contributed by atoms with Crippen LogP contribution in [-0.2, 0) is 0 Å². The van der Waals surface area contributed by atoms with Gasteiger partial charge in [-0.15, -0.1) is 0 Å². The summed E-state index contributed by atoms with van der Waals surface area (Å²) in [5.74, 6) is 1.75. The number of carbonyl (C=O) groups is 2. The van der Waals surface area contributed by atoms with Crippen LogP contribution in [0.15, 0.2) is 35.6 Å². The second kappa shape index (κ2) is 8.63. The van der Waals surface area contributed by atoms with Gasteiger partial charge in [-0.2, -0.15) is 0 Å². The van der Waals surface area contributed by atoms with Crippen molar-refractivity contribution in [3.63, 3.8) is 0 Å². The van der Waals surface area contributed by atoms with Crippen molar-refractivity contribution in [3.05, 3.63) is 46.7 Å². The van der Waals surface area contributed by atoms with Crippen LogP contribution < -0.4 is 0 Å². The molecular weight excluding hydrogens is 348 g/mol. The first-order chi connectivity index (χ1) is 13.6. The zero-order valence-electron chi connectivity index (χ0n) is 16.8. The molecule has 2 fully saturated rings. The van der Waals surface area contributed by atoms with Crippen LogP contribution in [0.4, 0.5) is 0 Å². The number of ketones is 2. The van der Waals surface area contributed by atoms with Crippen molar-refractivity contribution in [1.29, 1.82) is 0 Å². The Labute approximate surface area is 168 Å². The molecule has 2 saturated carbocycles. The zero-order chi connectivity index (χ0) is 19.5. The lowest BCUT2D eigenvalue weighted by atomic mass is 9.70. The van der Waals surface area contributed by atoms with Crippen LogP contribution in [0, 0.1) is 17.8 Å². The number of fused-ring (bicyclic) bond motifs is 1. The minimum absolute atomic E-state index is 0.172. The number of carbonyl (C=O) groups excluding carboxylic acids is 2. The van der Waals surface area contributed by atoms with Crippen LogP contribution in [0.3, 0.4) is 0 Å². The highest BCUT2D eigenvalue weighted by molar-refractivity contribution is 6.25. The lowest BCUT2D eigenvalue weighted by Gasteiger charge is -2.36. The van der Waals surface area contributed by atoms with E-state index >= 15 is 0 Å². The van der Waals surface area contributed by atoms with Crippen molar-refractivity contribution in [2.75, 3.05) is 0 Å². The fraction of sp³-hybridized carbons (Fsp3) is 0.600. The molecule has 0 amide bonds. The van der Waals surface area contributed by atoms with Crippen LogP contribution in [0.2, 0.25) is 0 Å². The van der Waals surface area contributed by atoms with Gasteiger partial charge in [-0.05, 0) is 43.4 Å². The molecule has 1 N–H and O–H groups in total. The Kier molecular flexibility index (Phi) is 5.99. The lowest BCUT2D eigenvalue weighted by Crippen LogP contribution is -2.24. The third-order valence-electron chi connectivity index (χ3n) is 7.44. The van der Waals surface area contributed by atoms with Gasteiger partial charge >= 0.3 is 0 Å². The number of Topliss-reactive ketones (excluding diaryl/α,β-unsaturated/α-hetero) is 2. The molecule has 4 rings (SSSR count). The molecule has 3 aliphatic carbocycles. The molecule has 0 atom stereocenters. The Balaban J connectivity index is 1.28. The number of hydrogen-bond acceptors (Lipinski definition) is 3. The largest absolute Gasteiger partial charge is 0.504 e. The fourth-order valence-electron chi connectivity index (χ4n) is 5.77. The van der Waals surface area contributed by atoms with Gasteiger partial charge in [0, 0.05) is 16.7 Å². The molecule has 0 aliphatic heterocycles. The van der Waals surface area contributed by atoms with Crippen molar-refractivity contribution < 1.29 is 14.7 Å². The number of aliphatic hydroxyl groups is 1. The van der Waals surface area contributed by atoms with Crippen molar-refractivity contribution in [3.8, 4) is 0 Å². The summed E-state index contributed by atoms with van der Waals surface area (Å²) in [6, 6.07) is 6.81. The maximum Gasteiger partial charge on any atom is 0.228 e. The van der Waals surface area contributed by atoms with E-state index in [4.69, 9.17) is 0 Å². The van der Waals surface area contributed by atoms with Gasteiger partial charge in [0.1, 0.15) is 0 Å². The number of allylic oxidation sites excluding steroid dienone is 2. The highest BCUT2D eigenvalue weighted by Crippen LogP contribution is 2.41. The third kappa shape index (κ3) is 3.94. The van der Waals surface area contributed by atoms with Crippen molar-refractivity contribution in [1.82, 2.24) is 0 Å². The van der Waals surface area contributed by atoms with E-state index in [9.17, 15) is 14.7 Å². The van der Waals surface area contributed by atoms with Gasteiger partial charge in [-0.3, -0.25) is 9.59 Å². The van der Waals surface area contributed by atoms with Gasteiger partial charge < -0.3 is 5.11 Å². The van der Waals surface area contributed by atoms with E-state index in [0.29, 0.717) is 23.1 Å². The van der Waals surface area contributed by atoms with E-state index in [1.54, 1.807) is 24.3 Å². The van der Waals surface area contributed by atoms with Gasteiger partial charge in [0.25, 0.3) is 0 Å². The molecule has 1 aromatic carbocycles. The van der Waals surface area contributed by atoms with Crippen LogP contribution in [0.25, 0.3) is 0 Å².